The van der Waals surface area contributed by atoms with Gasteiger partial charge >= 0.3 is 5.97 Å². The molecule has 0 saturated carbocycles. The van der Waals surface area contributed by atoms with E-state index >= 15 is 0 Å². The van der Waals surface area contributed by atoms with Crippen molar-refractivity contribution in [3.8, 4) is 0 Å². The summed E-state index contributed by atoms with van der Waals surface area (Å²) in [6.07, 6.45) is -0.0787. The Bertz CT molecular complexity index is 2040. The number of non-ortho nitro benzene ring substituents is 1. The summed E-state index contributed by atoms with van der Waals surface area (Å²) in [4.78, 5) is 40.2. The molecule has 266 valence electrons. The van der Waals surface area contributed by atoms with E-state index in [9.17, 15) is 33.2 Å². The van der Waals surface area contributed by atoms with Crippen LogP contribution in [-0.4, -0.2) is 68.8 Å². The largest absolute Gasteiger partial charge is 0.456 e. The van der Waals surface area contributed by atoms with Gasteiger partial charge in [0.2, 0.25) is 5.91 Å². The highest BCUT2D eigenvalue weighted by atomic mass is 32.2. The molecule has 6 rings (SSSR count). The third-order valence-corrected chi connectivity index (χ3v) is 17.3. The van der Waals surface area contributed by atoms with Gasteiger partial charge in [0.25, 0.3) is 15.7 Å². The first-order valence-corrected chi connectivity index (χ1v) is 21.1. The lowest BCUT2D eigenvalue weighted by Crippen LogP contribution is -2.65. The van der Waals surface area contributed by atoms with Crippen molar-refractivity contribution in [2.75, 3.05) is 17.5 Å². The summed E-state index contributed by atoms with van der Waals surface area (Å²) in [5.41, 5.74) is 2.17. The number of fused-ring (bicyclic) bond motifs is 1. The second kappa shape index (κ2) is 12.6. The van der Waals surface area contributed by atoms with Crippen molar-refractivity contribution in [1.82, 2.24) is 4.90 Å². The first kappa shape index (κ1) is 35.7. The molecule has 1 saturated heterocycles. The zero-order chi connectivity index (χ0) is 36.5. The molecule has 3 aromatic carbocycles. The second-order valence-corrected chi connectivity index (χ2v) is 21.5. The van der Waals surface area contributed by atoms with Crippen molar-refractivity contribution in [1.29, 1.82) is 0 Å². The third-order valence-electron chi connectivity index (χ3n) is 10.9. The van der Waals surface area contributed by atoms with Gasteiger partial charge in [0.15, 0.2) is 8.32 Å². The number of aliphatic hydroxyl groups is 1. The van der Waals surface area contributed by atoms with Gasteiger partial charge in [-0.15, -0.1) is 0 Å². The topological polar surface area (TPSA) is 157 Å². The Morgan fingerprint density at radius 2 is 1.78 bits per heavy atom. The number of esters is 1. The number of amides is 1. The minimum Gasteiger partial charge on any atom is -0.456 e. The van der Waals surface area contributed by atoms with Gasteiger partial charge in [-0.2, -0.15) is 0 Å². The highest BCUT2D eigenvalue weighted by Gasteiger charge is 2.61. The molecular formula is C36H43N3O9SSi. The van der Waals surface area contributed by atoms with E-state index in [4.69, 9.17) is 9.16 Å². The average molecular weight is 722 g/mol. The van der Waals surface area contributed by atoms with Crippen molar-refractivity contribution in [3.05, 3.63) is 87.1 Å². The molecule has 0 aliphatic carbocycles. The highest BCUT2D eigenvalue weighted by molar-refractivity contribution is 7.93. The summed E-state index contributed by atoms with van der Waals surface area (Å²) in [6, 6.07) is 13.8. The monoisotopic (exact) mass is 721 g/mol. The van der Waals surface area contributed by atoms with E-state index in [1.165, 1.54) is 33.5 Å². The molecule has 1 fully saturated rings. The predicted octanol–water partition coefficient (Wildman–Crippen LogP) is 5.68. The van der Waals surface area contributed by atoms with E-state index in [0.717, 1.165) is 10.9 Å². The molecule has 1 amide bonds. The van der Waals surface area contributed by atoms with Crippen LogP contribution >= 0.6 is 0 Å². The molecular weight excluding hydrogens is 679 g/mol. The van der Waals surface area contributed by atoms with Crippen molar-refractivity contribution >= 4 is 52.4 Å². The molecule has 1 N–H and O–H groups in total. The second-order valence-electron chi connectivity index (χ2n) is 14.9. The van der Waals surface area contributed by atoms with Crippen LogP contribution in [0.25, 0.3) is 10.8 Å². The van der Waals surface area contributed by atoms with E-state index in [1.807, 2.05) is 19.9 Å². The van der Waals surface area contributed by atoms with Gasteiger partial charge in [0.05, 0.1) is 40.1 Å². The minimum atomic E-state index is -4.05. The Morgan fingerprint density at radius 1 is 1.10 bits per heavy atom. The molecule has 0 bridgehead atoms. The number of β-lactam (4-membered cyclic amide) rings is 1. The molecule has 50 heavy (non-hydrogen) atoms. The normalized spacial score (nSPS) is 21.8. The number of sulfonamides is 1. The highest BCUT2D eigenvalue weighted by Crippen LogP contribution is 2.51. The van der Waals surface area contributed by atoms with Crippen molar-refractivity contribution in [2.24, 2.45) is 11.8 Å². The Morgan fingerprint density at radius 3 is 2.40 bits per heavy atom. The smallest absolute Gasteiger partial charge is 0.355 e. The van der Waals surface area contributed by atoms with E-state index in [1.54, 1.807) is 24.3 Å². The van der Waals surface area contributed by atoms with Gasteiger partial charge in [0, 0.05) is 30.0 Å². The fourth-order valence-corrected chi connectivity index (χ4v) is 10.3. The lowest BCUT2D eigenvalue weighted by atomic mass is 9.77. The summed E-state index contributed by atoms with van der Waals surface area (Å²) in [7, 11) is -6.32. The standard InChI is InChI=1S/C36H43N3O9SSi/c1-21-27(19-37-28-10-8-9-26-24(17-18-40)13-16-29(31(26)28)49(37,45)46)33(35(42)47-20-23-11-14-25(15-12-23)39(43)44)38-32(21)30(34(38)41)22(2)48-50(6,7)36(3,4)5/h8-16,21-22,30,32,40H,17-20H2,1-7H3/t21-,22+,30+,32+/m0/s1. The van der Waals surface area contributed by atoms with Gasteiger partial charge in [0.1, 0.15) is 12.3 Å². The average Bonchev–Trinajstić information content (AvgIpc) is 3.41. The van der Waals surface area contributed by atoms with Gasteiger partial charge in [-0.25, -0.2) is 13.2 Å². The Kier molecular flexibility index (Phi) is 8.99. The molecule has 3 heterocycles. The predicted molar refractivity (Wildman–Crippen MR) is 190 cm³/mol. The Balaban J connectivity index is 1.37. The zero-order valence-corrected chi connectivity index (χ0v) is 31.1. The molecule has 14 heteroatoms. The maximum Gasteiger partial charge on any atom is 0.355 e. The van der Waals surface area contributed by atoms with Crippen LogP contribution < -0.4 is 4.31 Å². The number of benzene rings is 3. The fourth-order valence-electron chi connectivity index (χ4n) is 7.23. The van der Waals surface area contributed by atoms with Crippen LogP contribution in [0.15, 0.2) is 70.8 Å². The summed E-state index contributed by atoms with van der Waals surface area (Å²) >= 11 is 0. The van der Waals surface area contributed by atoms with Crippen molar-refractivity contribution in [2.45, 2.75) is 82.8 Å². The van der Waals surface area contributed by atoms with Crippen molar-refractivity contribution in [3.63, 3.8) is 0 Å². The quantitative estimate of drug-likeness (QED) is 0.0866. The van der Waals surface area contributed by atoms with Crippen LogP contribution in [0.3, 0.4) is 0 Å². The number of carbonyl (C=O) groups excluding carboxylic acids is 2. The van der Waals surface area contributed by atoms with Crippen LogP contribution in [0, 0.1) is 22.0 Å². The van der Waals surface area contributed by atoms with Crippen LogP contribution in [-0.2, 0) is 41.8 Å². The third kappa shape index (κ3) is 5.71. The number of aliphatic hydroxyl groups excluding tert-OH is 1. The number of nitro benzene ring substituents is 1. The number of hydrogen-bond acceptors (Lipinski definition) is 9. The molecule has 0 unspecified atom stereocenters. The number of nitro groups is 1. The molecule has 3 aliphatic heterocycles. The van der Waals surface area contributed by atoms with Gasteiger partial charge in [-0.1, -0.05) is 45.9 Å². The number of carbonyl (C=O) groups is 2. The molecule has 12 nitrogen and oxygen atoms in total. The molecule has 0 aromatic heterocycles. The van der Waals surface area contributed by atoms with Gasteiger partial charge in [-0.3, -0.25) is 19.2 Å². The lowest BCUT2D eigenvalue weighted by molar-refractivity contribution is -0.384. The van der Waals surface area contributed by atoms with E-state index in [-0.39, 0.29) is 47.0 Å². The van der Waals surface area contributed by atoms with Gasteiger partial charge < -0.3 is 19.2 Å². The number of nitrogens with zero attached hydrogens (tertiary/aromatic N) is 3. The maximum atomic E-state index is 14.2. The van der Waals surface area contributed by atoms with Crippen LogP contribution in [0.4, 0.5) is 11.4 Å². The van der Waals surface area contributed by atoms with Crippen LogP contribution in [0.5, 0.6) is 0 Å². The van der Waals surface area contributed by atoms with Gasteiger partial charge in [-0.05, 0) is 77.8 Å². The maximum absolute atomic E-state index is 14.2. The Labute approximate surface area is 293 Å². The molecule has 3 aromatic rings. The molecule has 4 atom stereocenters. The van der Waals surface area contributed by atoms with Crippen molar-refractivity contribution < 1.29 is 37.2 Å². The number of anilines is 1. The number of rotatable bonds is 11. The van der Waals surface area contributed by atoms with E-state index < -0.39 is 53.2 Å². The zero-order valence-electron chi connectivity index (χ0n) is 29.3. The minimum absolute atomic E-state index is 0.0180. The molecule has 0 radical (unpaired) electrons. The van der Waals surface area contributed by atoms with Crippen LogP contribution in [0.1, 0.15) is 45.7 Å². The number of hydrogen-bond donors (Lipinski definition) is 1. The summed E-state index contributed by atoms with van der Waals surface area (Å²) in [5.74, 6) is -2.03. The first-order valence-electron chi connectivity index (χ1n) is 16.7. The Hall–Kier alpha value is -4.11. The molecule has 3 aliphatic rings. The lowest BCUT2D eigenvalue weighted by Gasteiger charge is -2.50. The first-order chi connectivity index (χ1) is 23.4. The summed E-state index contributed by atoms with van der Waals surface area (Å²) in [6.45, 7) is 13.9. The summed E-state index contributed by atoms with van der Waals surface area (Å²) < 4.78 is 42.0. The fraction of sp³-hybridized carbons (Fsp3) is 0.444. The molecule has 0 spiro atoms. The van der Waals surface area contributed by atoms with E-state index in [0.29, 0.717) is 28.6 Å². The van der Waals surface area contributed by atoms with E-state index in [2.05, 4.69) is 33.9 Å². The SMILES string of the molecule is C[C@@H](O[Si](C)(C)C(C)(C)C)[C@H]1C(=O)N2C(C(=O)OCc3ccc([N+](=O)[O-])cc3)=C(CN3c4cccc5c(CCO)ccc(c45)S3(=O)=O)[C@H](C)[C@H]12. The van der Waals surface area contributed by atoms with Crippen LogP contribution in [0.2, 0.25) is 18.1 Å². The summed E-state index contributed by atoms with van der Waals surface area (Å²) in [5, 5.41) is 21.9. The number of ether oxygens (including phenoxy) is 1.